The zero-order valence-electron chi connectivity index (χ0n) is 19.9. The monoisotopic (exact) mass is 567 g/mol. The van der Waals surface area contributed by atoms with Gasteiger partial charge in [-0.25, -0.2) is 0 Å². The van der Waals surface area contributed by atoms with Crippen molar-refractivity contribution in [3.05, 3.63) is 97.3 Å². The van der Waals surface area contributed by atoms with Crippen LogP contribution in [-0.4, -0.2) is 19.6 Å². The van der Waals surface area contributed by atoms with Crippen LogP contribution in [0.2, 0.25) is 5.02 Å². The van der Waals surface area contributed by atoms with Crippen LogP contribution >= 0.6 is 27.5 Å². The summed E-state index contributed by atoms with van der Waals surface area (Å²) in [5, 5.41) is 0.858. The molecule has 0 aliphatic carbocycles. The Hall–Kier alpha value is -3.29. The van der Waals surface area contributed by atoms with Gasteiger partial charge < -0.3 is 13.9 Å². The van der Waals surface area contributed by atoms with Crippen molar-refractivity contribution in [2.24, 2.45) is 5.92 Å². The molecule has 3 aromatic carbocycles. The Morgan fingerprint density at radius 1 is 1.06 bits per heavy atom. The van der Waals surface area contributed by atoms with Gasteiger partial charge in [-0.15, -0.1) is 0 Å². The van der Waals surface area contributed by atoms with Gasteiger partial charge in [-0.05, 0) is 60.0 Å². The van der Waals surface area contributed by atoms with E-state index in [2.05, 4.69) is 29.8 Å². The van der Waals surface area contributed by atoms with E-state index >= 15 is 0 Å². The van der Waals surface area contributed by atoms with Crippen molar-refractivity contribution < 1.29 is 18.7 Å². The highest BCUT2D eigenvalue weighted by Gasteiger charge is 2.44. The predicted octanol–water partition coefficient (Wildman–Crippen LogP) is 7.00. The molecule has 1 aromatic heterocycles. The molecule has 0 bridgehead atoms. The van der Waals surface area contributed by atoms with E-state index in [0.717, 1.165) is 4.47 Å². The first-order chi connectivity index (χ1) is 17.3. The smallest absolute Gasteiger partial charge is 0.295 e. The van der Waals surface area contributed by atoms with Gasteiger partial charge >= 0.3 is 0 Å². The molecule has 1 unspecified atom stereocenters. The average molecular weight is 569 g/mol. The molecule has 6 nitrogen and oxygen atoms in total. The van der Waals surface area contributed by atoms with Crippen LogP contribution in [0.1, 0.15) is 41.6 Å². The molecular weight excluding hydrogens is 546 g/mol. The molecule has 0 spiro atoms. The number of benzene rings is 3. The largest absolute Gasteiger partial charge is 0.493 e. The van der Waals surface area contributed by atoms with Gasteiger partial charge in [0.2, 0.25) is 5.76 Å². The van der Waals surface area contributed by atoms with Crippen molar-refractivity contribution in [1.29, 1.82) is 0 Å². The number of fused-ring (bicyclic) bond motifs is 2. The van der Waals surface area contributed by atoms with Crippen LogP contribution in [0.25, 0.3) is 11.0 Å². The third-order valence-corrected chi connectivity index (χ3v) is 6.72. The fraction of sp³-hybridized carbons (Fsp3) is 0.214. The van der Waals surface area contributed by atoms with E-state index < -0.39 is 11.9 Å². The summed E-state index contributed by atoms with van der Waals surface area (Å²) >= 11 is 9.70. The van der Waals surface area contributed by atoms with Gasteiger partial charge in [0.15, 0.2) is 16.9 Å². The molecule has 36 heavy (non-hydrogen) atoms. The van der Waals surface area contributed by atoms with Crippen LogP contribution in [0, 0.1) is 5.92 Å². The normalized spacial score (nSPS) is 15.0. The van der Waals surface area contributed by atoms with Crippen molar-refractivity contribution in [3.8, 4) is 11.5 Å². The number of hydrogen-bond donors (Lipinski definition) is 0. The van der Waals surface area contributed by atoms with Crippen molar-refractivity contribution in [1.82, 2.24) is 0 Å². The van der Waals surface area contributed by atoms with Crippen molar-refractivity contribution in [3.63, 3.8) is 0 Å². The topological polar surface area (TPSA) is 69.0 Å². The molecular formula is C28H23BrClNO5. The summed E-state index contributed by atoms with van der Waals surface area (Å²) in [5.74, 6) is 1.03. The van der Waals surface area contributed by atoms with Crippen LogP contribution in [0.4, 0.5) is 5.69 Å². The summed E-state index contributed by atoms with van der Waals surface area (Å²) in [6.07, 6.45) is 0. The molecule has 1 amide bonds. The number of ether oxygens (including phenoxy) is 2. The van der Waals surface area contributed by atoms with E-state index in [0.29, 0.717) is 51.3 Å². The molecule has 0 fully saturated rings. The summed E-state index contributed by atoms with van der Waals surface area (Å²) in [6.45, 7) is 4.65. The van der Waals surface area contributed by atoms with Gasteiger partial charge in [0.25, 0.3) is 5.91 Å². The van der Waals surface area contributed by atoms with Gasteiger partial charge in [0.1, 0.15) is 5.58 Å². The third kappa shape index (κ3) is 4.27. The zero-order chi connectivity index (χ0) is 25.6. The maximum Gasteiger partial charge on any atom is 0.295 e. The SMILES string of the molecule is COc1cc(C2c3c(oc4ccc(Br)cc4c3=O)C(=O)N2c2cccc(Cl)c2)ccc1OCC(C)C. The highest BCUT2D eigenvalue weighted by atomic mass is 79.9. The molecule has 2 heterocycles. The van der Waals surface area contributed by atoms with Gasteiger partial charge in [-0.2, -0.15) is 0 Å². The second-order valence-corrected chi connectivity index (χ2v) is 10.3. The third-order valence-electron chi connectivity index (χ3n) is 5.99. The molecule has 5 rings (SSSR count). The lowest BCUT2D eigenvalue weighted by atomic mass is 9.97. The molecule has 8 heteroatoms. The fourth-order valence-corrected chi connectivity index (χ4v) is 4.93. The number of halogens is 2. The highest BCUT2D eigenvalue weighted by molar-refractivity contribution is 9.10. The van der Waals surface area contributed by atoms with E-state index in [-0.39, 0.29) is 16.8 Å². The van der Waals surface area contributed by atoms with Crippen LogP contribution in [0.3, 0.4) is 0 Å². The maximum absolute atomic E-state index is 13.8. The second kappa shape index (κ2) is 9.64. The van der Waals surface area contributed by atoms with E-state index in [1.807, 2.05) is 6.07 Å². The Morgan fingerprint density at radius 2 is 1.86 bits per heavy atom. The number of hydrogen-bond acceptors (Lipinski definition) is 5. The number of nitrogens with zero attached hydrogens (tertiary/aromatic N) is 1. The molecule has 0 saturated heterocycles. The number of amides is 1. The van der Waals surface area contributed by atoms with E-state index in [4.69, 9.17) is 25.5 Å². The first kappa shape index (κ1) is 24.4. The van der Waals surface area contributed by atoms with Crippen molar-refractivity contribution >= 4 is 50.1 Å². The summed E-state index contributed by atoms with van der Waals surface area (Å²) in [4.78, 5) is 29.1. The van der Waals surface area contributed by atoms with Crippen LogP contribution in [0.15, 0.2) is 74.3 Å². The number of anilines is 1. The van der Waals surface area contributed by atoms with Crippen molar-refractivity contribution in [2.75, 3.05) is 18.6 Å². The lowest BCUT2D eigenvalue weighted by Gasteiger charge is -2.26. The molecule has 1 aliphatic rings. The minimum atomic E-state index is -0.751. The first-order valence-corrected chi connectivity index (χ1v) is 12.6. The standard InChI is InChI=1S/C28H23BrClNO5/c1-15(2)14-35-22-9-7-16(11-23(22)34-3)25-24-26(32)20-12-17(29)8-10-21(20)36-27(24)28(33)31(25)19-6-4-5-18(30)13-19/h4-13,15,25H,14H2,1-3H3. The van der Waals surface area contributed by atoms with Crippen molar-refractivity contribution in [2.45, 2.75) is 19.9 Å². The Bertz CT molecular complexity index is 1550. The van der Waals surface area contributed by atoms with E-state index in [9.17, 15) is 9.59 Å². The molecule has 0 saturated carbocycles. The summed E-state index contributed by atoms with van der Waals surface area (Å²) < 4.78 is 18.3. The fourth-order valence-electron chi connectivity index (χ4n) is 4.38. The summed E-state index contributed by atoms with van der Waals surface area (Å²) in [6, 6.07) is 16.8. The molecule has 184 valence electrons. The lowest BCUT2D eigenvalue weighted by molar-refractivity contribution is 0.0971. The number of carbonyl (C=O) groups is 1. The molecule has 4 aromatic rings. The average Bonchev–Trinajstić information content (AvgIpc) is 3.15. The Labute approximate surface area is 221 Å². The Kier molecular flexibility index (Phi) is 6.53. The Balaban J connectivity index is 1.74. The van der Waals surface area contributed by atoms with Crippen LogP contribution < -0.4 is 19.8 Å². The van der Waals surface area contributed by atoms with Crippen LogP contribution in [-0.2, 0) is 0 Å². The van der Waals surface area contributed by atoms with E-state index in [1.165, 1.54) is 0 Å². The second-order valence-electron chi connectivity index (χ2n) is 8.99. The lowest BCUT2D eigenvalue weighted by Crippen LogP contribution is -2.29. The number of rotatable bonds is 6. The Morgan fingerprint density at radius 3 is 2.58 bits per heavy atom. The predicted molar refractivity (Wildman–Crippen MR) is 144 cm³/mol. The highest BCUT2D eigenvalue weighted by Crippen LogP contribution is 2.43. The minimum Gasteiger partial charge on any atom is -0.493 e. The maximum atomic E-state index is 13.8. The summed E-state index contributed by atoms with van der Waals surface area (Å²) in [7, 11) is 1.56. The van der Waals surface area contributed by atoms with Gasteiger partial charge in [0, 0.05) is 15.2 Å². The summed E-state index contributed by atoms with van der Waals surface area (Å²) in [5.41, 5.74) is 1.57. The van der Waals surface area contributed by atoms with Gasteiger partial charge in [0.05, 0.1) is 30.7 Å². The minimum absolute atomic E-state index is 0.0129. The molecule has 1 atom stereocenters. The number of carbonyl (C=O) groups excluding carboxylic acids is 1. The van der Waals surface area contributed by atoms with Gasteiger partial charge in [-0.3, -0.25) is 14.5 Å². The zero-order valence-corrected chi connectivity index (χ0v) is 22.2. The molecule has 1 aliphatic heterocycles. The quantitative estimate of drug-likeness (QED) is 0.250. The number of methoxy groups -OCH3 is 1. The first-order valence-electron chi connectivity index (χ1n) is 11.4. The van der Waals surface area contributed by atoms with E-state index in [1.54, 1.807) is 66.6 Å². The molecule has 0 radical (unpaired) electrons. The van der Waals surface area contributed by atoms with Crippen LogP contribution in [0.5, 0.6) is 11.5 Å². The molecule has 0 N–H and O–H groups in total. The van der Waals surface area contributed by atoms with Gasteiger partial charge in [-0.1, -0.05) is 53.5 Å².